The van der Waals surface area contributed by atoms with Crippen molar-refractivity contribution in [1.29, 1.82) is 0 Å². The van der Waals surface area contributed by atoms with Crippen LogP contribution in [0, 0.1) is 11.6 Å². The Morgan fingerprint density at radius 1 is 0.862 bits per heavy atom. The Kier molecular flexibility index (Phi) is 19.5. The molecule has 0 spiro atoms. The number of nitrogens with one attached hydrogen (secondary N) is 1. The van der Waals surface area contributed by atoms with E-state index in [2.05, 4.69) is 17.4 Å². The van der Waals surface area contributed by atoms with Gasteiger partial charge in [0, 0.05) is 37.0 Å². The lowest BCUT2D eigenvalue weighted by Gasteiger charge is -2.38. The number of halogens is 2. The second-order valence-electron chi connectivity index (χ2n) is 15.8. The monoisotopic (exact) mass is 814 g/mol. The van der Waals surface area contributed by atoms with Gasteiger partial charge in [-0.05, 0) is 46.1 Å². The van der Waals surface area contributed by atoms with Gasteiger partial charge in [-0.3, -0.25) is 14.4 Å². The molecule has 2 aliphatic rings. The van der Waals surface area contributed by atoms with Crippen molar-refractivity contribution < 1.29 is 42.2 Å². The van der Waals surface area contributed by atoms with Crippen molar-refractivity contribution in [3.63, 3.8) is 0 Å². The number of nitrogens with zero attached hydrogens (tertiary/aromatic N) is 3. The Morgan fingerprint density at radius 3 is 2.09 bits per heavy atom. The molecule has 1 aromatic carbocycles. The highest BCUT2D eigenvalue weighted by Crippen LogP contribution is 2.36. The van der Waals surface area contributed by atoms with Crippen LogP contribution in [-0.4, -0.2) is 65.2 Å². The molecule has 58 heavy (non-hydrogen) atoms. The van der Waals surface area contributed by atoms with E-state index in [1.54, 1.807) is 18.7 Å². The Hall–Kier alpha value is -4.49. The SMILES string of the molecule is CCCCCCCCCCCCCCCCCCOC(=O)OCOc1c2n(cc(C(=O)NCc3ccc(F)cc3F)c1=O)C1CN(C2=O)C(C)CCC1ON=C(C)C. The van der Waals surface area contributed by atoms with Crippen molar-refractivity contribution in [2.45, 2.75) is 168 Å². The summed E-state index contributed by atoms with van der Waals surface area (Å²) in [6.45, 7) is 6.97. The molecule has 0 aliphatic carbocycles. The normalized spacial score (nSPS) is 17.2. The predicted octanol–water partition coefficient (Wildman–Crippen LogP) is 9.77. The topological polar surface area (TPSA) is 138 Å². The van der Waals surface area contributed by atoms with Crippen molar-refractivity contribution in [3.8, 4) is 5.75 Å². The van der Waals surface area contributed by atoms with Gasteiger partial charge in [-0.25, -0.2) is 13.6 Å². The predicted molar refractivity (Wildman–Crippen MR) is 218 cm³/mol. The van der Waals surface area contributed by atoms with Gasteiger partial charge in [0.2, 0.25) is 18.0 Å². The molecule has 2 amide bonds. The van der Waals surface area contributed by atoms with Crippen molar-refractivity contribution in [2.75, 3.05) is 19.9 Å². The van der Waals surface area contributed by atoms with Crippen LogP contribution in [0.1, 0.15) is 176 Å². The summed E-state index contributed by atoms with van der Waals surface area (Å²) < 4.78 is 45.4. The minimum Gasteiger partial charge on any atom is -0.451 e. The molecule has 2 bridgehead atoms. The van der Waals surface area contributed by atoms with Gasteiger partial charge in [0.25, 0.3) is 11.8 Å². The van der Waals surface area contributed by atoms with Gasteiger partial charge in [-0.15, -0.1) is 0 Å². The molecule has 3 atom stereocenters. The molecule has 14 heteroatoms. The molecule has 1 N–H and O–H groups in total. The highest BCUT2D eigenvalue weighted by molar-refractivity contribution is 5.99. The van der Waals surface area contributed by atoms with Gasteiger partial charge in [0.1, 0.15) is 23.3 Å². The Labute approximate surface area is 342 Å². The maximum Gasteiger partial charge on any atom is 0.511 e. The number of pyridine rings is 1. The van der Waals surface area contributed by atoms with E-state index in [1.165, 1.54) is 93.9 Å². The van der Waals surface area contributed by atoms with Crippen LogP contribution >= 0.6 is 0 Å². The first-order valence-electron chi connectivity index (χ1n) is 21.4. The van der Waals surface area contributed by atoms with Gasteiger partial charge in [-0.2, -0.15) is 0 Å². The number of carbonyl (C=O) groups is 3. The number of ether oxygens (including phenoxy) is 3. The maximum atomic E-state index is 14.4. The van der Waals surface area contributed by atoms with Gasteiger partial charge in [0.15, 0.2) is 5.69 Å². The number of hydrogen-bond donors (Lipinski definition) is 1. The molecule has 3 heterocycles. The van der Waals surface area contributed by atoms with E-state index < -0.39 is 65.3 Å². The third-order valence-corrected chi connectivity index (χ3v) is 10.9. The second kappa shape index (κ2) is 24.4. The Bertz CT molecular complexity index is 1730. The first-order valence-corrected chi connectivity index (χ1v) is 21.4. The molecule has 12 nitrogen and oxygen atoms in total. The molecule has 1 saturated heterocycles. The average molecular weight is 815 g/mol. The fourth-order valence-electron chi connectivity index (χ4n) is 7.53. The lowest BCUT2D eigenvalue weighted by atomic mass is 10.0. The lowest BCUT2D eigenvalue weighted by molar-refractivity contribution is -0.000815. The van der Waals surface area contributed by atoms with E-state index in [-0.39, 0.29) is 37.0 Å². The number of hydrogen-bond acceptors (Lipinski definition) is 9. The summed E-state index contributed by atoms with van der Waals surface area (Å²) >= 11 is 0. The number of oxime groups is 1. The van der Waals surface area contributed by atoms with Gasteiger partial charge in [0.05, 0.1) is 18.4 Å². The zero-order chi connectivity index (χ0) is 41.9. The molecular formula is C44H64F2N4O8. The number of unbranched alkanes of at least 4 members (excludes halogenated alkanes) is 15. The molecule has 1 aromatic heterocycles. The summed E-state index contributed by atoms with van der Waals surface area (Å²) in [6.07, 6.45) is 20.5. The van der Waals surface area contributed by atoms with Crippen LogP contribution in [0.5, 0.6) is 5.75 Å². The van der Waals surface area contributed by atoms with Crippen LogP contribution in [0.3, 0.4) is 0 Å². The van der Waals surface area contributed by atoms with E-state index in [4.69, 9.17) is 19.0 Å². The standard InChI is InChI=1S/C44H64F2N4O8/c1-5-6-7-8-9-10-11-12-13-14-15-16-17-18-19-20-25-55-44(54)57-30-56-41-39-43(53)49-29-37(38(24-21-32(49)4)58-48-31(2)3)50(39)28-35(40(41)51)42(52)47-27-33-22-23-34(45)26-36(33)46/h22-23,26,28,32,37-38H,5-21,24-25,27,29-30H2,1-4H3,(H,47,52). The van der Waals surface area contributed by atoms with E-state index >= 15 is 0 Å². The van der Waals surface area contributed by atoms with Gasteiger partial charge < -0.3 is 33.8 Å². The number of aromatic nitrogens is 1. The molecule has 322 valence electrons. The lowest BCUT2D eigenvalue weighted by Crippen LogP contribution is -2.49. The summed E-state index contributed by atoms with van der Waals surface area (Å²) in [6, 6.07) is 2.15. The number of rotatable bonds is 25. The van der Waals surface area contributed by atoms with Crippen LogP contribution in [0.2, 0.25) is 0 Å². The molecule has 2 aliphatic heterocycles. The van der Waals surface area contributed by atoms with Gasteiger partial charge >= 0.3 is 6.16 Å². The number of amides is 2. The van der Waals surface area contributed by atoms with Crippen LogP contribution in [0.4, 0.5) is 13.6 Å². The van der Waals surface area contributed by atoms with Crippen molar-refractivity contribution in [2.24, 2.45) is 5.16 Å². The van der Waals surface area contributed by atoms with E-state index in [9.17, 15) is 28.0 Å². The molecule has 4 rings (SSSR count). The highest BCUT2D eigenvalue weighted by Gasteiger charge is 2.44. The van der Waals surface area contributed by atoms with Crippen LogP contribution in [-0.2, 0) is 20.9 Å². The summed E-state index contributed by atoms with van der Waals surface area (Å²) in [4.78, 5) is 61.5. The summed E-state index contributed by atoms with van der Waals surface area (Å²) in [5.74, 6) is -3.52. The molecule has 1 fully saturated rings. The van der Waals surface area contributed by atoms with E-state index in [0.29, 0.717) is 31.0 Å². The molecule has 0 radical (unpaired) electrons. The van der Waals surface area contributed by atoms with Crippen molar-refractivity contribution in [1.82, 2.24) is 14.8 Å². The molecule has 0 saturated carbocycles. The fraction of sp³-hybridized carbons (Fsp3) is 0.659. The van der Waals surface area contributed by atoms with E-state index in [0.717, 1.165) is 25.3 Å². The van der Waals surface area contributed by atoms with E-state index in [1.807, 2.05) is 6.92 Å². The third kappa shape index (κ3) is 14.1. The zero-order valence-corrected chi connectivity index (χ0v) is 35.0. The first-order chi connectivity index (χ1) is 28.0. The molecule has 2 aromatic rings. The highest BCUT2D eigenvalue weighted by atomic mass is 19.1. The average Bonchev–Trinajstić information content (AvgIpc) is 3.34. The largest absolute Gasteiger partial charge is 0.511 e. The number of fused-ring (bicyclic) bond motifs is 4. The molecule has 3 unspecified atom stereocenters. The number of benzene rings is 1. The van der Waals surface area contributed by atoms with Crippen molar-refractivity contribution in [3.05, 3.63) is 63.1 Å². The van der Waals surface area contributed by atoms with Gasteiger partial charge in [-0.1, -0.05) is 114 Å². The summed E-state index contributed by atoms with van der Waals surface area (Å²) in [5.41, 5.74) is -0.793. The minimum atomic E-state index is -0.996. The Balaban J connectivity index is 1.32. The maximum absolute atomic E-state index is 14.4. The summed E-state index contributed by atoms with van der Waals surface area (Å²) in [7, 11) is 0. The van der Waals surface area contributed by atoms with Crippen LogP contribution < -0.4 is 15.5 Å². The van der Waals surface area contributed by atoms with Crippen LogP contribution in [0.25, 0.3) is 0 Å². The Morgan fingerprint density at radius 2 is 1.48 bits per heavy atom. The number of carbonyl (C=O) groups excluding carboxylic acids is 3. The van der Waals surface area contributed by atoms with Crippen molar-refractivity contribution >= 4 is 23.7 Å². The zero-order valence-electron chi connectivity index (χ0n) is 35.0. The fourth-order valence-corrected chi connectivity index (χ4v) is 7.53. The first kappa shape index (κ1) is 46.2. The molecular weight excluding hydrogens is 750 g/mol. The second-order valence-corrected chi connectivity index (χ2v) is 15.8. The quantitative estimate of drug-likeness (QED) is 0.0344. The summed E-state index contributed by atoms with van der Waals surface area (Å²) in [5, 5.41) is 6.67. The van der Waals surface area contributed by atoms with Crippen LogP contribution in [0.15, 0.2) is 34.3 Å². The third-order valence-electron chi connectivity index (χ3n) is 10.9. The minimum absolute atomic E-state index is 0.000575. The smallest absolute Gasteiger partial charge is 0.451 e.